The van der Waals surface area contributed by atoms with Crippen LogP contribution in [0.2, 0.25) is 0 Å². The molecule has 1 aliphatic rings. The van der Waals surface area contributed by atoms with Crippen molar-refractivity contribution in [3.8, 4) is 0 Å². The molecule has 0 aliphatic carbocycles. The maximum absolute atomic E-state index is 11.5. The number of hydrogen-bond acceptors (Lipinski definition) is 4. The first-order chi connectivity index (χ1) is 7.68. The lowest BCUT2D eigenvalue weighted by molar-refractivity contribution is -0.123. The van der Waals surface area contributed by atoms with Crippen LogP contribution in [0.25, 0.3) is 0 Å². The van der Waals surface area contributed by atoms with E-state index in [1.54, 1.807) is 0 Å². The third-order valence-corrected chi connectivity index (χ3v) is 2.40. The van der Waals surface area contributed by atoms with Crippen LogP contribution in [0, 0.1) is 0 Å². The van der Waals surface area contributed by atoms with E-state index < -0.39 is 0 Å². The molecule has 6 heteroatoms. The van der Waals surface area contributed by atoms with Crippen molar-refractivity contribution in [2.45, 2.75) is 6.92 Å². The molecule has 2 amide bonds. The minimum absolute atomic E-state index is 0.0206. The number of carbonyl (C=O) groups excluding carboxylic acids is 2. The number of hydrogen-bond donors (Lipinski definition) is 3. The van der Waals surface area contributed by atoms with E-state index in [4.69, 9.17) is 0 Å². The van der Waals surface area contributed by atoms with Crippen LogP contribution in [0.3, 0.4) is 0 Å². The molecule has 0 aromatic carbocycles. The summed E-state index contributed by atoms with van der Waals surface area (Å²) in [5, 5.41) is 8.63. The second-order valence-electron chi connectivity index (χ2n) is 3.86. The van der Waals surface area contributed by atoms with Crippen LogP contribution >= 0.6 is 0 Å². The van der Waals surface area contributed by atoms with Crippen molar-refractivity contribution >= 4 is 11.8 Å². The first-order valence-corrected chi connectivity index (χ1v) is 5.62. The van der Waals surface area contributed by atoms with Crippen LogP contribution in [-0.4, -0.2) is 62.5 Å². The lowest BCUT2D eigenvalue weighted by Crippen LogP contribution is -2.48. The van der Waals surface area contributed by atoms with Crippen LogP contribution in [0.5, 0.6) is 0 Å². The maximum Gasteiger partial charge on any atom is 0.234 e. The molecule has 92 valence electrons. The molecule has 1 rings (SSSR count). The van der Waals surface area contributed by atoms with Crippen molar-refractivity contribution in [2.75, 3.05) is 45.8 Å². The zero-order chi connectivity index (χ0) is 11.8. The first-order valence-electron chi connectivity index (χ1n) is 5.62. The van der Waals surface area contributed by atoms with Crippen LogP contribution in [0.15, 0.2) is 0 Å². The fraction of sp³-hybridized carbons (Fsp3) is 0.800. The quantitative estimate of drug-likeness (QED) is 0.483. The van der Waals surface area contributed by atoms with E-state index >= 15 is 0 Å². The van der Waals surface area contributed by atoms with Gasteiger partial charge >= 0.3 is 0 Å². The molecular weight excluding hydrogens is 208 g/mol. The molecule has 1 aliphatic heterocycles. The van der Waals surface area contributed by atoms with Crippen LogP contribution < -0.4 is 16.0 Å². The molecule has 16 heavy (non-hydrogen) atoms. The number of amides is 2. The zero-order valence-electron chi connectivity index (χ0n) is 9.71. The Morgan fingerprint density at radius 3 is 2.44 bits per heavy atom. The summed E-state index contributed by atoms with van der Waals surface area (Å²) in [6.07, 6.45) is 0. The normalized spacial score (nSPS) is 16.8. The molecule has 0 aromatic rings. The summed E-state index contributed by atoms with van der Waals surface area (Å²) in [7, 11) is 0. The Morgan fingerprint density at radius 1 is 1.19 bits per heavy atom. The Kier molecular flexibility index (Phi) is 5.81. The van der Waals surface area contributed by atoms with E-state index in [1.165, 1.54) is 6.92 Å². The van der Waals surface area contributed by atoms with E-state index in [2.05, 4.69) is 20.9 Å². The highest BCUT2D eigenvalue weighted by Gasteiger charge is 2.12. The van der Waals surface area contributed by atoms with Crippen molar-refractivity contribution in [1.29, 1.82) is 0 Å². The third-order valence-electron chi connectivity index (χ3n) is 2.40. The summed E-state index contributed by atoms with van der Waals surface area (Å²) in [5.74, 6) is -0.0522. The zero-order valence-corrected chi connectivity index (χ0v) is 9.71. The smallest absolute Gasteiger partial charge is 0.234 e. The topological polar surface area (TPSA) is 73.5 Å². The molecule has 0 spiro atoms. The minimum Gasteiger partial charge on any atom is -0.355 e. The van der Waals surface area contributed by atoms with E-state index in [9.17, 15) is 9.59 Å². The van der Waals surface area contributed by atoms with Crippen molar-refractivity contribution in [1.82, 2.24) is 20.9 Å². The van der Waals surface area contributed by atoms with Gasteiger partial charge in [0.15, 0.2) is 0 Å². The standard InChI is InChI=1S/C10H20N4O2/c1-9(15)12-2-3-13-10(16)8-14-6-4-11-5-7-14/h11H,2-8H2,1H3,(H,12,15)(H,13,16). The summed E-state index contributed by atoms with van der Waals surface area (Å²) in [4.78, 5) is 24.2. The SMILES string of the molecule is CC(=O)NCCNC(=O)CN1CCNCC1. The Morgan fingerprint density at radius 2 is 1.81 bits per heavy atom. The Balaban J connectivity index is 2.03. The monoisotopic (exact) mass is 228 g/mol. The molecule has 0 saturated carbocycles. The van der Waals surface area contributed by atoms with Gasteiger partial charge in [0.2, 0.25) is 11.8 Å². The van der Waals surface area contributed by atoms with Crippen molar-refractivity contribution < 1.29 is 9.59 Å². The summed E-state index contributed by atoms with van der Waals surface area (Å²) >= 11 is 0. The molecule has 1 fully saturated rings. The molecular formula is C10H20N4O2. The summed E-state index contributed by atoms with van der Waals surface area (Å²) in [5.41, 5.74) is 0. The van der Waals surface area contributed by atoms with Gasteiger partial charge in [0.25, 0.3) is 0 Å². The van der Waals surface area contributed by atoms with Crippen LogP contribution in [0.1, 0.15) is 6.92 Å². The predicted molar refractivity (Wildman–Crippen MR) is 61.0 cm³/mol. The number of rotatable bonds is 5. The van der Waals surface area contributed by atoms with Crippen LogP contribution in [0.4, 0.5) is 0 Å². The number of nitrogens with one attached hydrogen (secondary N) is 3. The lowest BCUT2D eigenvalue weighted by Gasteiger charge is -2.26. The lowest BCUT2D eigenvalue weighted by atomic mass is 10.3. The van der Waals surface area contributed by atoms with E-state index in [1.807, 2.05) is 0 Å². The van der Waals surface area contributed by atoms with Gasteiger partial charge < -0.3 is 16.0 Å². The Labute approximate surface area is 95.8 Å². The van der Waals surface area contributed by atoms with E-state index in [0.29, 0.717) is 19.6 Å². The fourth-order valence-electron chi connectivity index (χ4n) is 1.57. The highest BCUT2D eigenvalue weighted by molar-refractivity contribution is 5.78. The summed E-state index contributed by atoms with van der Waals surface area (Å²) in [6, 6.07) is 0. The average molecular weight is 228 g/mol. The molecule has 6 nitrogen and oxygen atoms in total. The molecule has 1 saturated heterocycles. The van der Waals surface area contributed by atoms with E-state index in [-0.39, 0.29) is 11.8 Å². The Bertz CT molecular complexity index is 239. The van der Waals surface area contributed by atoms with Gasteiger partial charge in [-0.2, -0.15) is 0 Å². The molecule has 1 heterocycles. The van der Waals surface area contributed by atoms with Gasteiger partial charge in [-0.15, -0.1) is 0 Å². The predicted octanol–water partition coefficient (Wildman–Crippen LogP) is -1.86. The van der Waals surface area contributed by atoms with Gasteiger partial charge in [-0.1, -0.05) is 0 Å². The minimum atomic E-state index is -0.0728. The number of nitrogens with zero attached hydrogens (tertiary/aromatic N) is 1. The van der Waals surface area contributed by atoms with E-state index in [0.717, 1.165) is 26.2 Å². The highest BCUT2D eigenvalue weighted by atomic mass is 16.2. The Hall–Kier alpha value is -1.14. The van der Waals surface area contributed by atoms with Gasteiger partial charge in [-0.3, -0.25) is 14.5 Å². The number of piperazine rings is 1. The van der Waals surface area contributed by atoms with Gasteiger partial charge in [0.1, 0.15) is 0 Å². The second-order valence-corrected chi connectivity index (χ2v) is 3.86. The molecule has 0 bridgehead atoms. The van der Waals surface area contributed by atoms with Gasteiger partial charge in [0, 0.05) is 46.2 Å². The maximum atomic E-state index is 11.5. The summed E-state index contributed by atoms with van der Waals surface area (Å²) in [6.45, 7) is 6.61. The van der Waals surface area contributed by atoms with Crippen LogP contribution in [-0.2, 0) is 9.59 Å². The van der Waals surface area contributed by atoms with Gasteiger partial charge in [-0.05, 0) is 0 Å². The van der Waals surface area contributed by atoms with Crippen molar-refractivity contribution in [3.63, 3.8) is 0 Å². The van der Waals surface area contributed by atoms with Crippen molar-refractivity contribution in [3.05, 3.63) is 0 Å². The average Bonchev–Trinajstić information content (AvgIpc) is 2.25. The summed E-state index contributed by atoms with van der Waals surface area (Å²) < 4.78 is 0. The number of carbonyl (C=O) groups is 2. The molecule has 0 aromatic heterocycles. The highest BCUT2D eigenvalue weighted by Crippen LogP contribution is 1.90. The first kappa shape index (κ1) is 12.9. The van der Waals surface area contributed by atoms with Crippen molar-refractivity contribution in [2.24, 2.45) is 0 Å². The van der Waals surface area contributed by atoms with Gasteiger partial charge in [-0.25, -0.2) is 0 Å². The second kappa shape index (κ2) is 7.19. The molecule has 0 unspecified atom stereocenters. The molecule has 0 atom stereocenters. The third kappa shape index (κ3) is 5.67. The molecule has 0 radical (unpaired) electrons. The largest absolute Gasteiger partial charge is 0.355 e. The fourth-order valence-corrected chi connectivity index (χ4v) is 1.57. The van der Waals surface area contributed by atoms with Gasteiger partial charge in [0.05, 0.1) is 6.54 Å². The molecule has 3 N–H and O–H groups in total.